The van der Waals surface area contributed by atoms with Crippen LogP contribution in [0.15, 0.2) is 12.1 Å². The largest absolute Gasteiger partial charge is 0.505 e. The molecule has 11 heavy (non-hydrogen) atoms. The molecule has 0 radical (unpaired) electrons. The van der Waals surface area contributed by atoms with Crippen LogP contribution in [0.25, 0.3) is 0 Å². The molecule has 0 aliphatic heterocycles. The predicted molar refractivity (Wildman–Crippen MR) is 37.4 cm³/mol. The van der Waals surface area contributed by atoms with Crippen molar-refractivity contribution in [1.82, 2.24) is 0 Å². The SMILES string of the molecule is CCc1c(F)ccc(O)c1F. The molecule has 0 bridgehead atoms. The summed E-state index contributed by atoms with van der Waals surface area (Å²) in [6.45, 7) is 1.63. The van der Waals surface area contributed by atoms with Crippen LogP contribution in [0.2, 0.25) is 0 Å². The van der Waals surface area contributed by atoms with Crippen LogP contribution in [-0.4, -0.2) is 5.11 Å². The third-order valence-electron chi connectivity index (χ3n) is 1.52. The highest BCUT2D eigenvalue weighted by Gasteiger charge is 2.10. The van der Waals surface area contributed by atoms with Crippen LogP contribution in [-0.2, 0) is 6.42 Å². The van der Waals surface area contributed by atoms with Gasteiger partial charge >= 0.3 is 0 Å². The standard InChI is InChI=1S/C8H8F2O/c1-2-5-6(9)3-4-7(11)8(5)10/h3-4,11H,2H2,1H3. The van der Waals surface area contributed by atoms with Gasteiger partial charge in [0.05, 0.1) is 0 Å². The number of benzene rings is 1. The monoisotopic (exact) mass is 158 g/mol. The Bertz CT molecular complexity index is 271. The smallest absolute Gasteiger partial charge is 0.170 e. The van der Waals surface area contributed by atoms with Gasteiger partial charge in [0.15, 0.2) is 11.6 Å². The lowest BCUT2D eigenvalue weighted by Gasteiger charge is -2.01. The van der Waals surface area contributed by atoms with E-state index in [0.29, 0.717) is 0 Å². The molecule has 1 N–H and O–H groups in total. The van der Waals surface area contributed by atoms with Gasteiger partial charge in [0.2, 0.25) is 0 Å². The fourth-order valence-corrected chi connectivity index (χ4v) is 0.909. The number of hydrogen-bond donors (Lipinski definition) is 1. The van der Waals surface area contributed by atoms with Gasteiger partial charge in [-0.1, -0.05) is 6.92 Å². The second kappa shape index (κ2) is 2.86. The van der Waals surface area contributed by atoms with Crippen molar-refractivity contribution >= 4 is 0 Å². The van der Waals surface area contributed by atoms with Crippen LogP contribution in [0.4, 0.5) is 8.78 Å². The molecule has 3 heteroatoms. The Hall–Kier alpha value is -1.12. The van der Waals surface area contributed by atoms with Gasteiger partial charge in [-0.25, -0.2) is 8.78 Å². The molecule has 1 aromatic carbocycles. The molecule has 1 nitrogen and oxygen atoms in total. The van der Waals surface area contributed by atoms with Crippen molar-refractivity contribution in [2.45, 2.75) is 13.3 Å². The van der Waals surface area contributed by atoms with Gasteiger partial charge < -0.3 is 5.11 Å². The summed E-state index contributed by atoms with van der Waals surface area (Å²) in [4.78, 5) is 0. The zero-order valence-corrected chi connectivity index (χ0v) is 6.06. The Balaban J connectivity index is 3.29. The number of phenols is 1. The molecule has 60 valence electrons. The minimum Gasteiger partial charge on any atom is -0.505 e. The maximum atomic E-state index is 12.8. The van der Waals surface area contributed by atoms with Gasteiger partial charge in [-0.15, -0.1) is 0 Å². The fraction of sp³-hybridized carbons (Fsp3) is 0.250. The zero-order valence-electron chi connectivity index (χ0n) is 6.06. The summed E-state index contributed by atoms with van der Waals surface area (Å²) < 4.78 is 25.5. The lowest BCUT2D eigenvalue weighted by molar-refractivity contribution is 0.422. The Morgan fingerprint density at radius 2 is 2.00 bits per heavy atom. The third kappa shape index (κ3) is 1.31. The Morgan fingerprint density at radius 1 is 1.36 bits per heavy atom. The normalized spacial score (nSPS) is 10.1. The summed E-state index contributed by atoms with van der Waals surface area (Å²) in [5.41, 5.74) is -0.0648. The Kier molecular flexibility index (Phi) is 2.08. The number of rotatable bonds is 1. The average Bonchev–Trinajstić information content (AvgIpc) is 1.99. The van der Waals surface area contributed by atoms with E-state index in [1.165, 1.54) is 0 Å². The molecule has 0 saturated carbocycles. The van der Waals surface area contributed by atoms with Crippen molar-refractivity contribution in [1.29, 1.82) is 0 Å². The van der Waals surface area contributed by atoms with Gasteiger partial charge in [0.25, 0.3) is 0 Å². The van der Waals surface area contributed by atoms with Crippen molar-refractivity contribution < 1.29 is 13.9 Å². The van der Waals surface area contributed by atoms with E-state index < -0.39 is 17.4 Å². The van der Waals surface area contributed by atoms with Crippen LogP contribution < -0.4 is 0 Å². The number of phenolic OH excluding ortho intramolecular Hbond substituents is 1. The van der Waals surface area contributed by atoms with Crippen molar-refractivity contribution in [2.75, 3.05) is 0 Å². The second-order valence-corrected chi connectivity index (χ2v) is 2.21. The first kappa shape index (κ1) is 7.98. The quantitative estimate of drug-likeness (QED) is 0.664. The van der Waals surface area contributed by atoms with Gasteiger partial charge in [0.1, 0.15) is 5.82 Å². The molecule has 0 aromatic heterocycles. The summed E-state index contributed by atoms with van der Waals surface area (Å²) in [6.07, 6.45) is 0.242. The summed E-state index contributed by atoms with van der Waals surface area (Å²) >= 11 is 0. The molecule has 1 aromatic rings. The molecular formula is C8H8F2O. The van der Waals surface area contributed by atoms with E-state index >= 15 is 0 Å². The molecule has 0 heterocycles. The lowest BCUT2D eigenvalue weighted by Crippen LogP contribution is -1.92. The minimum absolute atomic E-state index is 0.0648. The van der Waals surface area contributed by atoms with Crippen LogP contribution >= 0.6 is 0 Å². The van der Waals surface area contributed by atoms with E-state index in [-0.39, 0.29) is 12.0 Å². The van der Waals surface area contributed by atoms with Crippen molar-refractivity contribution in [3.63, 3.8) is 0 Å². The summed E-state index contributed by atoms with van der Waals surface area (Å²) in [6, 6.07) is 2.06. The van der Waals surface area contributed by atoms with Gasteiger partial charge in [-0.05, 0) is 18.6 Å². The first-order chi connectivity index (χ1) is 5.16. The zero-order chi connectivity index (χ0) is 8.43. The Morgan fingerprint density at radius 3 is 2.45 bits per heavy atom. The number of hydrogen-bond acceptors (Lipinski definition) is 1. The maximum absolute atomic E-state index is 12.8. The first-order valence-electron chi connectivity index (χ1n) is 3.32. The molecule has 0 unspecified atom stereocenters. The molecule has 0 spiro atoms. The summed E-state index contributed by atoms with van der Waals surface area (Å²) in [5, 5.41) is 8.81. The van der Waals surface area contributed by atoms with Crippen molar-refractivity contribution in [2.24, 2.45) is 0 Å². The topological polar surface area (TPSA) is 20.2 Å². The molecule has 0 atom stereocenters. The van der Waals surface area contributed by atoms with E-state index in [1.54, 1.807) is 6.92 Å². The molecule has 1 rings (SSSR count). The van der Waals surface area contributed by atoms with Gasteiger partial charge in [-0.3, -0.25) is 0 Å². The van der Waals surface area contributed by atoms with E-state index in [4.69, 9.17) is 5.11 Å². The molecule has 0 fully saturated rings. The molecular weight excluding hydrogens is 150 g/mol. The van der Waals surface area contributed by atoms with Crippen LogP contribution in [0, 0.1) is 11.6 Å². The maximum Gasteiger partial charge on any atom is 0.170 e. The highest BCUT2D eigenvalue weighted by atomic mass is 19.1. The van der Waals surface area contributed by atoms with Crippen molar-refractivity contribution in [3.8, 4) is 5.75 Å². The molecule has 0 amide bonds. The van der Waals surface area contributed by atoms with Crippen LogP contribution in [0.1, 0.15) is 12.5 Å². The van der Waals surface area contributed by atoms with Gasteiger partial charge in [0, 0.05) is 5.56 Å². The number of halogens is 2. The highest BCUT2D eigenvalue weighted by molar-refractivity contribution is 5.30. The fourth-order valence-electron chi connectivity index (χ4n) is 0.909. The van der Waals surface area contributed by atoms with E-state index in [1.807, 2.05) is 0 Å². The van der Waals surface area contributed by atoms with Crippen LogP contribution in [0.3, 0.4) is 0 Å². The average molecular weight is 158 g/mol. The molecule has 0 aliphatic carbocycles. The Labute approximate surface area is 63.3 Å². The second-order valence-electron chi connectivity index (χ2n) is 2.21. The van der Waals surface area contributed by atoms with Crippen LogP contribution in [0.5, 0.6) is 5.75 Å². The first-order valence-corrected chi connectivity index (χ1v) is 3.32. The predicted octanol–water partition coefficient (Wildman–Crippen LogP) is 2.23. The lowest BCUT2D eigenvalue weighted by atomic mass is 10.1. The molecule has 0 saturated heterocycles. The van der Waals surface area contributed by atoms with E-state index in [0.717, 1.165) is 12.1 Å². The van der Waals surface area contributed by atoms with E-state index in [9.17, 15) is 8.78 Å². The number of aromatic hydroxyl groups is 1. The molecule has 0 aliphatic rings. The highest BCUT2D eigenvalue weighted by Crippen LogP contribution is 2.21. The van der Waals surface area contributed by atoms with Crippen molar-refractivity contribution in [3.05, 3.63) is 29.3 Å². The summed E-state index contributed by atoms with van der Waals surface area (Å²) in [5.74, 6) is -1.96. The van der Waals surface area contributed by atoms with E-state index in [2.05, 4.69) is 0 Å². The third-order valence-corrected chi connectivity index (χ3v) is 1.52. The summed E-state index contributed by atoms with van der Waals surface area (Å²) in [7, 11) is 0. The minimum atomic E-state index is -0.854. The van der Waals surface area contributed by atoms with Gasteiger partial charge in [-0.2, -0.15) is 0 Å².